The van der Waals surface area contributed by atoms with Gasteiger partial charge in [-0.2, -0.15) is 0 Å². The van der Waals surface area contributed by atoms with Crippen LogP contribution in [0, 0.1) is 0 Å². The fourth-order valence-corrected chi connectivity index (χ4v) is 1.36. The predicted molar refractivity (Wildman–Crippen MR) is 57.9 cm³/mol. The first-order valence-electron chi connectivity index (χ1n) is 4.32. The second-order valence-electron chi connectivity index (χ2n) is 2.95. The van der Waals surface area contributed by atoms with E-state index in [4.69, 9.17) is 11.6 Å². The van der Waals surface area contributed by atoms with E-state index < -0.39 is 0 Å². The van der Waals surface area contributed by atoms with Crippen molar-refractivity contribution in [2.75, 3.05) is 0 Å². The first-order valence-corrected chi connectivity index (χ1v) is 4.70. The van der Waals surface area contributed by atoms with Gasteiger partial charge in [0.2, 0.25) is 0 Å². The van der Waals surface area contributed by atoms with Crippen molar-refractivity contribution in [2.45, 2.75) is 0 Å². The minimum absolute atomic E-state index is 0.359. The highest BCUT2D eigenvalue weighted by molar-refractivity contribution is 6.32. The van der Waals surface area contributed by atoms with Crippen molar-refractivity contribution in [3.05, 3.63) is 47.4 Å². The third-order valence-corrected chi connectivity index (χ3v) is 2.29. The second-order valence-corrected chi connectivity index (χ2v) is 3.36. The van der Waals surface area contributed by atoms with E-state index in [1.165, 1.54) is 6.20 Å². The maximum absolute atomic E-state index is 10.7. The van der Waals surface area contributed by atoms with Gasteiger partial charge in [0.1, 0.15) is 0 Å². The molecule has 74 valence electrons. The molecule has 0 saturated heterocycles. The Labute approximate surface area is 91.8 Å². The fourth-order valence-electron chi connectivity index (χ4n) is 1.22. The topological polar surface area (TPSA) is 42.9 Å². The molecule has 0 fully saturated rings. The summed E-state index contributed by atoms with van der Waals surface area (Å²) in [5, 5.41) is 0.359. The molecule has 0 bridgehead atoms. The third kappa shape index (κ3) is 2.02. The van der Waals surface area contributed by atoms with E-state index in [9.17, 15) is 4.79 Å². The Morgan fingerprint density at radius 2 is 2.20 bits per heavy atom. The third-order valence-electron chi connectivity index (χ3n) is 1.97. The van der Waals surface area contributed by atoms with E-state index in [1.807, 2.05) is 12.1 Å². The molecule has 0 aromatic carbocycles. The van der Waals surface area contributed by atoms with Crippen LogP contribution in [0.3, 0.4) is 0 Å². The Morgan fingerprint density at radius 3 is 2.87 bits per heavy atom. The molecule has 3 nitrogen and oxygen atoms in total. The fraction of sp³-hybridized carbons (Fsp3) is 0. The van der Waals surface area contributed by atoms with E-state index in [0.29, 0.717) is 22.6 Å². The Bertz CT molecular complexity index is 485. The number of carbonyl (C=O) groups is 1. The summed E-state index contributed by atoms with van der Waals surface area (Å²) in [5.41, 5.74) is 1.98. The molecule has 2 rings (SSSR count). The average molecular weight is 219 g/mol. The molecule has 0 amide bonds. The monoisotopic (exact) mass is 218 g/mol. The number of aldehydes is 1. The zero-order valence-electron chi connectivity index (χ0n) is 7.72. The van der Waals surface area contributed by atoms with Crippen LogP contribution in [0.1, 0.15) is 10.4 Å². The van der Waals surface area contributed by atoms with Gasteiger partial charge in [0.05, 0.1) is 10.7 Å². The Balaban J connectivity index is 2.51. The van der Waals surface area contributed by atoms with Crippen LogP contribution in [0.4, 0.5) is 0 Å². The highest BCUT2D eigenvalue weighted by atomic mass is 35.5. The van der Waals surface area contributed by atoms with Crippen molar-refractivity contribution in [3.8, 4) is 11.3 Å². The molecule has 0 aliphatic rings. The highest BCUT2D eigenvalue weighted by Gasteiger charge is 2.04. The molecule has 0 radical (unpaired) electrons. The summed E-state index contributed by atoms with van der Waals surface area (Å²) in [6.45, 7) is 0. The van der Waals surface area contributed by atoms with Crippen molar-refractivity contribution in [1.29, 1.82) is 0 Å². The molecule has 0 aliphatic heterocycles. The van der Waals surface area contributed by atoms with Gasteiger partial charge in [0.25, 0.3) is 0 Å². The van der Waals surface area contributed by atoms with Crippen molar-refractivity contribution in [1.82, 2.24) is 9.97 Å². The lowest BCUT2D eigenvalue weighted by atomic mass is 10.1. The second kappa shape index (κ2) is 4.19. The van der Waals surface area contributed by atoms with Crippen LogP contribution in [0.5, 0.6) is 0 Å². The Hall–Kier alpha value is -1.74. The molecular formula is C11H7ClN2O. The van der Waals surface area contributed by atoms with Gasteiger partial charge in [0.15, 0.2) is 6.29 Å². The summed E-state index contributed by atoms with van der Waals surface area (Å²) in [7, 11) is 0. The molecule has 0 atom stereocenters. The van der Waals surface area contributed by atoms with E-state index >= 15 is 0 Å². The first-order chi connectivity index (χ1) is 7.31. The van der Waals surface area contributed by atoms with Crippen LogP contribution in [0.15, 0.2) is 36.8 Å². The summed E-state index contributed by atoms with van der Waals surface area (Å²) < 4.78 is 0. The van der Waals surface area contributed by atoms with Gasteiger partial charge in [-0.25, -0.2) is 0 Å². The van der Waals surface area contributed by atoms with Crippen molar-refractivity contribution in [3.63, 3.8) is 0 Å². The van der Waals surface area contributed by atoms with E-state index in [0.717, 1.165) is 5.56 Å². The summed E-state index contributed by atoms with van der Waals surface area (Å²) in [6.07, 6.45) is 5.54. The lowest BCUT2D eigenvalue weighted by molar-refractivity contribution is 0.112. The van der Waals surface area contributed by atoms with Gasteiger partial charge < -0.3 is 0 Å². The minimum Gasteiger partial charge on any atom is -0.298 e. The summed E-state index contributed by atoms with van der Waals surface area (Å²) in [4.78, 5) is 18.8. The van der Waals surface area contributed by atoms with Crippen LogP contribution >= 0.6 is 11.6 Å². The molecule has 2 aromatic heterocycles. The molecule has 0 saturated carbocycles. The number of pyridine rings is 2. The van der Waals surface area contributed by atoms with E-state index in [-0.39, 0.29) is 0 Å². The normalized spacial score (nSPS) is 9.93. The lowest BCUT2D eigenvalue weighted by Crippen LogP contribution is -1.89. The molecule has 2 aromatic rings. The summed E-state index contributed by atoms with van der Waals surface area (Å²) >= 11 is 5.77. The first kappa shape index (κ1) is 9.80. The number of nitrogens with zero attached hydrogens (tertiary/aromatic N) is 2. The molecule has 0 unspecified atom stereocenters. The van der Waals surface area contributed by atoms with Gasteiger partial charge in [-0.05, 0) is 18.2 Å². The van der Waals surface area contributed by atoms with Gasteiger partial charge in [-0.1, -0.05) is 11.6 Å². The molecule has 15 heavy (non-hydrogen) atoms. The van der Waals surface area contributed by atoms with Gasteiger partial charge in [-0.15, -0.1) is 0 Å². The van der Waals surface area contributed by atoms with Crippen LogP contribution in [-0.4, -0.2) is 16.3 Å². The number of carbonyl (C=O) groups excluding carboxylic acids is 1. The summed E-state index contributed by atoms with van der Waals surface area (Å²) in [5.74, 6) is 0. The van der Waals surface area contributed by atoms with Gasteiger partial charge in [0, 0.05) is 29.7 Å². The van der Waals surface area contributed by atoms with E-state index in [2.05, 4.69) is 9.97 Å². The SMILES string of the molecule is O=Cc1cc(-c2cccnc2)ncc1Cl. The van der Waals surface area contributed by atoms with Crippen molar-refractivity contribution >= 4 is 17.9 Å². The number of halogens is 1. The quantitative estimate of drug-likeness (QED) is 0.728. The smallest absolute Gasteiger partial charge is 0.151 e. The molecular weight excluding hydrogens is 212 g/mol. The average Bonchev–Trinajstić information content (AvgIpc) is 2.31. The van der Waals surface area contributed by atoms with Gasteiger partial charge in [-0.3, -0.25) is 14.8 Å². The van der Waals surface area contributed by atoms with Crippen LogP contribution < -0.4 is 0 Å². The van der Waals surface area contributed by atoms with Gasteiger partial charge >= 0.3 is 0 Å². The zero-order valence-corrected chi connectivity index (χ0v) is 8.48. The standard InChI is InChI=1S/C11H7ClN2O/c12-10-6-14-11(4-9(10)7-15)8-2-1-3-13-5-8/h1-7H. The van der Waals surface area contributed by atoms with Crippen LogP contribution in [-0.2, 0) is 0 Å². The minimum atomic E-state index is 0.359. The maximum Gasteiger partial charge on any atom is 0.151 e. The maximum atomic E-state index is 10.7. The van der Waals surface area contributed by atoms with Crippen LogP contribution in [0.25, 0.3) is 11.3 Å². The predicted octanol–water partition coefficient (Wildman–Crippen LogP) is 2.61. The highest BCUT2D eigenvalue weighted by Crippen LogP contribution is 2.20. The van der Waals surface area contributed by atoms with E-state index in [1.54, 1.807) is 18.5 Å². The number of hydrogen-bond acceptors (Lipinski definition) is 3. The van der Waals surface area contributed by atoms with Crippen molar-refractivity contribution < 1.29 is 4.79 Å². The zero-order chi connectivity index (χ0) is 10.7. The Morgan fingerprint density at radius 1 is 1.33 bits per heavy atom. The number of aromatic nitrogens is 2. The largest absolute Gasteiger partial charge is 0.298 e. The lowest BCUT2D eigenvalue weighted by Gasteiger charge is -2.01. The summed E-state index contributed by atoms with van der Waals surface area (Å²) in [6, 6.07) is 5.33. The number of hydrogen-bond donors (Lipinski definition) is 0. The molecule has 0 aliphatic carbocycles. The molecule has 4 heteroatoms. The van der Waals surface area contributed by atoms with Crippen LogP contribution in [0.2, 0.25) is 5.02 Å². The van der Waals surface area contributed by atoms with Crippen molar-refractivity contribution in [2.24, 2.45) is 0 Å². The molecule has 2 heterocycles. The number of rotatable bonds is 2. The molecule has 0 spiro atoms. The Kier molecular flexibility index (Phi) is 2.74. The molecule has 0 N–H and O–H groups in total.